The van der Waals surface area contributed by atoms with Crippen LogP contribution in [0.2, 0.25) is 0 Å². The molecule has 0 amide bonds. The molecule has 2 nitrogen and oxygen atoms in total. The Balaban J connectivity index is 1.53. The Bertz CT molecular complexity index is 483. The highest BCUT2D eigenvalue weighted by Gasteiger charge is 2.39. The van der Waals surface area contributed by atoms with Crippen LogP contribution in [0, 0.1) is 17.8 Å². The summed E-state index contributed by atoms with van der Waals surface area (Å²) in [6.45, 7) is 3.00. The van der Waals surface area contributed by atoms with E-state index in [2.05, 4.69) is 22.9 Å². The Labute approximate surface area is 148 Å². The van der Waals surface area contributed by atoms with E-state index in [4.69, 9.17) is 4.74 Å². The lowest BCUT2D eigenvalue weighted by Gasteiger charge is -2.41. The smallest absolute Gasteiger partial charge is 0.192 e. The van der Waals surface area contributed by atoms with Gasteiger partial charge in [0.1, 0.15) is 0 Å². The molecule has 0 bridgehead atoms. The van der Waals surface area contributed by atoms with E-state index in [0.29, 0.717) is 18.9 Å². The molecule has 1 saturated carbocycles. The van der Waals surface area contributed by atoms with Gasteiger partial charge in [0.25, 0.3) is 0 Å². The van der Waals surface area contributed by atoms with Crippen LogP contribution in [0.3, 0.4) is 0 Å². The third kappa shape index (κ3) is 4.18. The molecule has 2 unspecified atom stereocenters. The average molecular weight is 381 g/mol. The summed E-state index contributed by atoms with van der Waals surface area (Å²) in [6, 6.07) is 7.86. The number of aliphatic hydroxyl groups is 1. The fourth-order valence-electron chi connectivity index (χ4n) is 4.45. The first-order valence-corrected chi connectivity index (χ1v) is 10.0. The summed E-state index contributed by atoms with van der Waals surface area (Å²) < 4.78 is 7.00. The van der Waals surface area contributed by atoms with Crippen molar-refractivity contribution < 1.29 is 9.84 Å². The fraction of sp³-hybridized carbons (Fsp3) is 0.700. The summed E-state index contributed by atoms with van der Waals surface area (Å²) >= 11 is 3.44. The van der Waals surface area contributed by atoms with E-state index in [9.17, 15) is 5.11 Å². The monoisotopic (exact) mass is 380 g/mol. The maximum Gasteiger partial charge on any atom is 0.192 e. The number of ether oxygens (including phenoxy) is 1. The second-order valence-electron chi connectivity index (χ2n) is 7.47. The molecule has 2 aliphatic rings. The summed E-state index contributed by atoms with van der Waals surface area (Å²) in [4.78, 5) is 0. The van der Waals surface area contributed by atoms with E-state index in [1.807, 2.05) is 24.3 Å². The van der Waals surface area contributed by atoms with E-state index in [0.717, 1.165) is 28.3 Å². The summed E-state index contributed by atoms with van der Waals surface area (Å²) in [6.07, 6.45) is 10.0. The second kappa shape index (κ2) is 7.67. The van der Waals surface area contributed by atoms with Gasteiger partial charge in [-0.25, -0.2) is 0 Å². The second-order valence-corrected chi connectivity index (χ2v) is 8.39. The predicted octanol–water partition coefficient (Wildman–Crippen LogP) is 5.63. The summed E-state index contributed by atoms with van der Waals surface area (Å²) in [5.74, 6) is 1.31. The van der Waals surface area contributed by atoms with E-state index >= 15 is 0 Å². The lowest BCUT2D eigenvalue weighted by atomic mass is 9.72. The maximum atomic E-state index is 10.8. The molecule has 2 fully saturated rings. The Morgan fingerprint density at radius 2 is 1.78 bits per heavy atom. The van der Waals surface area contributed by atoms with Crippen LogP contribution in [0.15, 0.2) is 28.7 Å². The van der Waals surface area contributed by atoms with Crippen LogP contribution in [0.25, 0.3) is 0 Å². The highest BCUT2D eigenvalue weighted by atomic mass is 79.9. The number of benzene rings is 1. The van der Waals surface area contributed by atoms with Crippen LogP contribution >= 0.6 is 15.9 Å². The van der Waals surface area contributed by atoms with Crippen LogP contribution in [0.5, 0.6) is 0 Å². The highest BCUT2D eigenvalue weighted by molar-refractivity contribution is 9.10. The molecule has 1 aromatic rings. The predicted molar refractivity (Wildman–Crippen MR) is 97.1 cm³/mol. The number of hydrogen-bond acceptors (Lipinski definition) is 2. The zero-order valence-electron chi connectivity index (χ0n) is 14.1. The molecule has 1 N–H and O–H groups in total. The molecule has 23 heavy (non-hydrogen) atoms. The molecular weight excluding hydrogens is 352 g/mol. The molecule has 1 aromatic carbocycles. The van der Waals surface area contributed by atoms with Gasteiger partial charge in [-0.1, -0.05) is 60.7 Å². The van der Waals surface area contributed by atoms with Crippen molar-refractivity contribution in [2.24, 2.45) is 17.8 Å². The van der Waals surface area contributed by atoms with Crippen molar-refractivity contribution in [3.63, 3.8) is 0 Å². The molecular formula is C20H29BrO2. The van der Waals surface area contributed by atoms with Crippen molar-refractivity contribution in [2.45, 2.75) is 64.1 Å². The van der Waals surface area contributed by atoms with Gasteiger partial charge in [0.05, 0.1) is 6.61 Å². The molecule has 1 aliphatic carbocycles. The van der Waals surface area contributed by atoms with Crippen LogP contribution in [-0.4, -0.2) is 11.7 Å². The van der Waals surface area contributed by atoms with E-state index in [1.54, 1.807) is 0 Å². The maximum absolute atomic E-state index is 10.8. The molecule has 0 aromatic heterocycles. The third-order valence-corrected chi connectivity index (χ3v) is 6.47. The van der Waals surface area contributed by atoms with Crippen molar-refractivity contribution in [3.05, 3.63) is 34.3 Å². The SMILES string of the molecule is CCCC1CCC(C2CCC(O)(c3ccc(Br)cc3)OC2)CC1. The van der Waals surface area contributed by atoms with Gasteiger partial charge < -0.3 is 9.84 Å². The normalized spacial score (nSPS) is 35.2. The minimum Gasteiger partial charge on any atom is -0.362 e. The molecule has 3 rings (SSSR count). The van der Waals surface area contributed by atoms with Gasteiger partial charge in [0.15, 0.2) is 5.79 Å². The molecule has 1 aliphatic heterocycles. The van der Waals surface area contributed by atoms with Gasteiger partial charge in [-0.15, -0.1) is 0 Å². The van der Waals surface area contributed by atoms with Crippen molar-refractivity contribution in [1.29, 1.82) is 0 Å². The van der Waals surface area contributed by atoms with Gasteiger partial charge in [0, 0.05) is 16.5 Å². The zero-order chi connectivity index (χ0) is 16.3. The molecule has 0 radical (unpaired) electrons. The van der Waals surface area contributed by atoms with Crippen molar-refractivity contribution >= 4 is 15.9 Å². The van der Waals surface area contributed by atoms with Crippen molar-refractivity contribution in [3.8, 4) is 0 Å². The van der Waals surface area contributed by atoms with Crippen LogP contribution in [0.1, 0.15) is 63.9 Å². The quantitative estimate of drug-likeness (QED) is 0.733. The van der Waals surface area contributed by atoms with Crippen molar-refractivity contribution in [1.82, 2.24) is 0 Å². The molecule has 3 heteroatoms. The van der Waals surface area contributed by atoms with Gasteiger partial charge in [-0.2, -0.15) is 0 Å². The largest absolute Gasteiger partial charge is 0.362 e. The first-order valence-electron chi connectivity index (χ1n) is 9.23. The van der Waals surface area contributed by atoms with Crippen LogP contribution in [0.4, 0.5) is 0 Å². The summed E-state index contributed by atoms with van der Waals surface area (Å²) in [5.41, 5.74) is 0.880. The molecule has 1 heterocycles. The van der Waals surface area contributed by atoms with E-state index in [-0.39, 0.29) is 0 Å². The first-order chi connectivity index (χ1) is 11.1. The van der Waals surface area contributed by atoms with Gasteiger partial charge in [-0.3, -0.25) is 0 Å². The van der Waals surface area contributed by atoms with E-state index < -0.39 is 5.79 Å². The number of hydrogen-bond donors (Lipinski definition) is 1. The molecule has 1 saturated heterocycles. The van der Waals surface area contributed by atoms with Gasteiger partial charge in [0.2, 0.25) is 0 Å². The third-order valence-electron chi connectivity index (χ3n) is 5.94. The highest BCUT2D eigenvalue weighted by Crippen LogP contribution is 2.42. The topological polar surface area (TPSA) is 29.5 Å². The average Bonchev–Trinajstić information content (AvgIpc) is 2.57. The molecule has 2 atom stereocenters. The Morgan fingerprint density at radius 3 is 2.35 bits per heavy atom. The lowest BCUT2D eigenvalue weighted by Crippen LogP contribution is -2.39. The minimum absolute atomic E-state index is 0.633. The summed E-state index contributed by atoms with van der Waals surface area (Å²) in [5, 5.41) is 10.8. The molecule has 128 valence electrons. The molecule has 0 spiro atoms. The minimum atomic E-state index is -1.09. The lowest BCUT2D eigenvalue weighted by molar-refractivity contribution is -0.250. The Hall–Kier alpha value is -0.380. The fourth-order valence-corrected chi connectivity index (χ4v) is 4.71. The number of halogens is 1. The van der Waals surface area contributed by atoms with Crippen LogP contribution < -0.4 is 0 Å². The Morgan fingerprint density at radius 1 is 1.09 bits per heavy atom. The standard InChI is InChI=1S/C20H29BrO2/c1-2-3-15-4-6-16(7-5-15)17-12-13-20(22,23-14-17)18-8-10-19(21)11-9-18/h8-11,15-17,22H,2-7,12-14H2,1H3. The summed E-state index contributed by atoms with van der Waals surface area (Å²) in [7, 11) is 0. The van der Waals surface area contributed by atoms with Crippen LogP contribution in [-0.2, 0) is 10.5 Å². The number of rotatable bonds is 4. The Kier molecular flexibility index (Phi) is 5.82. The first kappa shape index (κ1) is 17.4. The van der Waals surface area contributed by atoms with Gasteiger partial charge >= 0.3 is 0 Å². The van der Waals surface area contributed by atoms with Crippen molar-refractivity contribution in [2.75, 3.05) is 6.61 Å². The van der Waals surface area contributed by atoms with E-state index in [1.165, 1.54) is 38.5 Å². The van der Waals surface area contributed by atoms with Gasteiger partial charge in [-0.05, 0) is 49.1 Å². The zero-order valence-corrected chi connectivity index (χ0v) is 15.7.